The van der Waals surface area contributed by atoms with Gasteiger partial charge in [0.2, 0.25) is 10.0 Å². The zero-order chi connectivity index (χ0) is 34.5. The molecule has 1 fully saturated rings. The number of rotatable bonds is 15. The van der Waals surface area contributed by atoms with Crippen LogP contribution in [0.3, 0.4) is 0 Å². The molecule has 258 valence electrons. The van der Waals surface area contributed by atoms with Crippen molar-refractivity contribution in [3.8, 4) is 0 Å². The number of halogens is 1. The molecule has 5 N–H and O–H groups in total. The lowest BCUT2D eigenvalue weighted by atomic mass is 9.93. The van der Waals surface area contributed by atoms with E-state index < -0.39 is 33.9 Å². The molecule has 1 aliphatic heterocycles. The van der Waals surface area contributed by atoms with Crippen LogP contribution >= 0.6 is 0 Å². The quantitative estimate of drug-likeness (QED) is 0.164. The van der Waals surface area contributed by atoms with Crippen molar-refractivity contribution in [3.05, 3.63) is 59.4 Å². The van der Waals surface area contributed by atoms with Gasteiger partial charge in [0.1, 0.15) is 0 Å². The van der Waals surface area contributed by atoms with Crippen LogP contribution in [0, 0.1) is 11.7 Å². The number of carbonyl (C=O) groups excluding carboxylic acids is 1. The molecule has 46 heavy (non-hydrogen) atoms. The van der Waals surface area contributed by atoms with Gasteiger partial charge in [-0.05, 0) is 77.0 Å². The highest BCUT2D eigenvalue weighted by Gasteiger charge is 2.32. The van der Waals surface area contributed by atoms with Gasteiger partial charge in [0, 0.05) is 30.4 Å². The highest BCUT2D eigenvalue weighted by molar-refractivity contribution is 7.92. The summed E-state index contributed by atoms with van der Waals surface area (Å²) in [5.74, 6) is -1.05. The third kappa shape index (κ3) is 12.5. The lowest BCUT2D eigenvalue weighted by Gasteiger charge is -2.32. The third-order valence-corrected chi connectivity index (χ3v) is 9.68. The molecule has 0 unspecified atom stereocenters. The Kier molecular flexibility index (Phi) is 15.4. The maximum atomic E-state index is 16.1. The van der Waals surface area contributed by atoms with Gasteiger partial charge < -0.3 is 26.2 Å². The second-order valence-electron chi connectivity index (χ2n) is 13.2. The van der Waals surface area contributed by atoms with Crippen LogP contribution in [-0.2, 0) is 21.2 Å². The molecule has 10 nitrogen and oxygen atoms in total. The van der Waals surface area contributed by atoms with Crippen LogP contribution in [0.1, 0.15) is 89.6 Å². The Morgan fingerprint density at radius 3 is 2.35 bits per heavy atom. The fourth-order valence-corrected chi connectivity index (χ4v) is 7.02. The summed E-state index contributed by atoms with van der Waals surface area (Å²) in [5, 5.41) is 27.8. The highest BCUT2D eigenvalue weighted by Crippen LogP contribution is 2.32. The summed E-state index contributed by atoms with van der Waals surface area (Å²) in [4.78, 5) is 22.1. The number of nitrogens with one attached hydrogen (secondary N) is 3. The average molecular weight is 665 g/mol. The summed E-state index contributed by atoms with van der Waals surface area (Å²) in [6.07, 6.45) is 3.62. The van der Waals surface area contributed by atoms with Crippen molar-refractivity contribution in [2.24, 2.45) is 5.92 Å². The van der Waals surface area contributed by atoms with Crippen LogP contribution < -0.4 is 20.3 Å². The van der Waals surface area contributed by atoms with E-state index in [0.29, 0.717) is 30.9 Å². The molecule has 0 spiro atoms. The molecule has 2 atom stereocenters. The second kappa shape index (κ2) is 18.2. The minimum atomic E-state index is -3.71. The summed E-state index contributed by atoms with van der Waals surface area (Å²) in [7, 11) is -3.71. The Balaban J connectivity index is 0.00000236. The lowest BCUT2D eigenvalue weighted by molar-refractivity contribution is -0.122. The first-order chi connectivity index (χ1) is 21.6. The number of carboxylic acid groups (broad SMARTS) is 1. The monoisotopic (exact) mass is 664 g/mol. The van der Waals surface area contributed by atoms with Gasteiger partial charge in [0.05, 0.1) is 29.1 Å². The molecule has 1 saturated heterocycles. The van der Waals surface area contributed by atoms with E-state index in [-0.39, 0.29) is 48.1 Å². The van der Waals surface area contributed by atoms with E-state index in [9.17, 15) is 18.3 Å². The minimum Gasteiger partial charge on any atom is -0.483 e. The van der Waals surface area contributed by atoms with Crippen LogP contribution in [0.2, 0.25) is 0 Å². The van der Waals surface area contributed by atoms with Gasteiger partial charge >= 0.3 is 0 Å². The summed E-state index contributed by atoms with van der Waals surface area (Å²) in [5.41, 5.74) is 0.741. The molecule has 0 aliphatic carbocycles. The molecule has 1 aliphatic rings. The maximum Gasteiger partial charge on any atom is 0.290 e. The van der Waals surface area contributed by atoms with E-state index in [1.807, 2.05) is 44.2 Å². The molecule has 2 aromatic carbocycles. The SMILES string of the molecule is CC(C)CCCC(C)(C)NC[C@@H](O)[C@H](Cc1ccccc1)NC(=O)c1cc(NC(C)C)cc(N2CCCCS2(=O)=O)c1F.O=CO. The Morgan fingerprint density at radius 1 is 1.11 bits per heavy atom. The molecule has 3 rings (SSSR count). The van der Waals surface area contributed by atoms with Gasteiger partial charge in [-0.1, -0.05) is 57.0 Å². The van der Waals surface area contributed by atoms with Crippen molar-refractivity contribution in [3.63, 3.8) is 0 Å². The van der Waals surface area contributed by atoms with Crippen molar-refractivity contribution in [2.75, 3.05) is 28.5 Å². The Bertz CT molecular complexity index is 1350. The molecule has 1 heterocycles. The Hall–Kier alpha value is -3.22. The Labute approximate surface area is 274 Å². The molecule has 1 amide bonds. The van der Waals surface area contributed by atoms with E-state index in [1.165, 1.54) is 12.1 Å². The number of hydrogen-bond donors (Lipinski definition) is 5. The van der Waals surface area contributed by atoms with Gasteiger partial charge in [-0.3, -0.25) is 13.9 Å². The smallest absolute Gasteiger partial charge is 0.290 e. The number of amides is 1. The standard InChI is InChI=1S/C33H51FN4O4S.CH2O2/c1-23(2)13-12-16-33(5,6)35-22-30(39)28(19-25-14-8-7-9-15-25)37-32(40)27-20-26(36-24(3)4)21-29(31(27)34)38-17-10-11-18-43(38,41)42;2-1-3/h7-9,14-15,20-21,23-24,28,30,35-36,39H,10-13,16-19,22H2,1-6H3,(H,37,40);1H,(H,2,3)/t28-,30+;/m0./s1. The molecular weight excluding hydrogens is 611 g/mol. The van der Waals surface area contributed by atoms with Gasteiger partial charge in [-0.25, -0.2) is 12.8 Å². The number of β-amino-alcohol motifs (C(OH)–C–C–N with tert-alkyl or cyclic N) is 1. The molecule has 12 heteroatoms. The average Bonchev–Trinajstić information content (AvgIpc) is 2.96. The predicted octanol–water partition coefficient (Wildman–Crippen LogP) is 5.17. The zero-order valence-corrected chi connectivity index (χ0v) is 28.9. The highest BCUT2D eigenvalue weighted by atomic mass is 32.2. The predicted molar refractivity (Wildman–Crippen MR) is 182 cm³/mol. The number of nitrogens with zero attached hydrogens (tertiary/aromatic N) is 1. The van der Waals surface area contributed by atoms with Crippen molar-refractivity contribution in [1.82, 2.24) is 10.6 Å². The van der Waals surface area contributed by atoms with E-state index in [0.717, 1.165) is 29.1 Å². The molecule has 0 bridgehead atoms. The third-order valence-electron chi connectivity index (χ3n) is 7.82. The van der Waals surface area contributed by atoms with Gasteiger partial charge in [0.15, 0.2) is 5.82 Å². The van der Waals surface area contributed by atoms with Crippen LogP contribution in [0.15, 0.2) is 42.5 Å². The number of aliphatic hydroxyl groups is 1. The van der Waals surface area contributed by atoms with Crippen molar-refractivity contribution in [1.29, 1.82) is 0 Å². The minimum absolute atomic E-state index is 0.0326. The number of benzene rings is 2. The number of hydrogen-bond acceptors (Lipinski definition) is 7. The van der Waals surface area contributed by atoms with Crippen molar-refractivity contribution < 1.29 is 32.6 Å². The largest absolute Gasteiger partial charge is 0.483 e. The number of sulfonamides is 1. The van der Waals surface area contributed by atoms with Crippen molar-refractivity contribution >= 4 is 33.8 Å². The van der Waals surface area contributed by atoms with Crippen LogP contribution in [-0.4, -0.2) is 73.6 Å². The van der Waals surface area contributed by atoms with E-state index >= 15 is 4.39 Å². The molecule has 0 aromatic heterocycles. The van der Waals surface area contributed by atoms with Gasteiger partial charge in [-0.2, -0.15) is 0 Å². The second-order valence-corrected chi connectivity index (χ2v) is 15.3. The van der Waals surface area contributed by atoms with Gasteiger partial charge in [0.25, 0.3) is 12.4 Å². The lowest BCUT2D eigenvalue weighted by Crippen LogP contribution is -2.52. The van der Waals surface area contributed by atoms with E-state index in [1.54, 1.807) is 0 Å². The first-order valence-electron chi connectivity index (χ1n) is 16.1. The molecule has 2 aromatic rings. The van der Waals surface area contributed by atoms with Crippen LogP contribution in [0.25, 0.3) is 0 Å². The number of carbonyl (C=O) groups is 2. The number of aliphatic hydroxyl groups excluding tert-OH is 1. The Morgan fingerprint density at radius 2 is 1.76 bits per heavy atom. The van der Waals surface area contributed by atoms with Crippen LogP contribution in [0.4, 0.5) is 15.8 Å². The summed E-state index contributed by atoms with van der Waals surface area (Å²) < 4.78 is 42.9. The first-order valence-corrected chi connectivity index (χ1v) is 17.7. The maximum absolute atomic E-state index is 16.1. The summed E-state index contributed by atoms with van der Waals surface area (Å²) in [6, 6.07) is 11.6. The number of anilines is 2. The van der Waals surface area contributed by atoms with E-state index in [4.69, 9.17) is 9.90 Å². The fraction of sp³-hybridized carbons (Fsp3) is 0.588. The zero-order valence-electron chi connectivity index (χ0n) is 28.1. The molecular formula is C34H53FN4O6S. The first kappa shape index (κ1) is 39.0. The normalized spacial score (nSPS) is 15.9. The fourth-order valence-electron chi connectivity index (χ4n) is 5.39. The van der Waals surface area contributed by atoms with E-state index in [2.05, 4.69) is 43.6 Å². The molecule has 0 saturated carbocycles. The molecule has 0 radical (unpaired) electrons. The van der Waals surface area contributed by atoms with Gasteiger partial charge in [-0.15, -0.1) is 0 Å². The summed E-state index contributed by atoms with van der Waals surface area (Å²) in [6.45, 7) is 12.6. The summed E-state index contributed by atoms with van der Waals surface area (Å²) >= 11 is 0. The van der Waals surface area contributed by atoms with Crippen LogP contribution in [0.5, 0.6) is 0 Å². The topological polar surface area (TPSA) is 148 Å². The van der Waals surface area contributed by atoms with Crippen molar-refractivity contribution in [2.45, 2.75) is 104 Å².